The number of aliphatic carboxylic acids is 1. The fraction of sp³-hybridized carbons (Fsp3) is 0.636. The zero-order chi connectivity index (χ0) is 15.1. The summed E-state index contributed by atoms with van der Waals surface area (Å²) < 4.78 is 4.89. The molecule has 0 radical (unpaired) electrons. The van der Waals surface area contributed by atoms with Crippen molar-refractivity contribution in [1.29, 1.82) is 0 Å². The van der Waals surface area contributed by atoms with Crippen molar-refractivity contribution in [3.8, 4) is 0 Å². The van der Waals surface area contributed by atoms with Gasteiger partial charge in [-0.05, 0) is 6.42 Å². The van der Waals surface area contributed by atoms with Gasteiger partial charge in [-0.25, -0.2) is 4.79 Å². The number of amides is 4. The zero-order valence-electron chi connectivity index (χ0n) is 11.0. The Morgan fingerprint density at radius 2 is 2.20 bits per heavy atom. The Labute approximate surface area is 115 Å². The van der Waals surface area contributed by atoms with Crippen LogP contribution >= 0.6 is 0 Å². The minimum Gasteiger partial charge on any atom is -0.481 e. The minimum atomic E-state index is -1.04. The molecule has 0 aromatic carbocycles. The number of urea groups is 1. The van der Waals surface area contributed by atoms with Crippen LogP contribution in [-0.4, -0.2) is 54.7 Å². The molecule has 2 atom stereocenters. The summed E-state index contributed by atoms with van der Waals surface area (Å²) in [4.78, 5) is 44.4. The Morgan fingerprint density at radius 3 is 2.75 bits per heavy atom. The summed E-state index contributed by atoms with van der Waals surface area (Å²) in [6.07, 6.45) is -0.494. The molecule has 1 heterocycles. The Hall–Kier alpha value is -2.16. The molecule has 2 unspecified atom stereocenters. The summed E-state index contributed by atoms with van der Waals surface area (Å²) in [7, 11) is 1.34. The van der Waals surface area contributed by atoms with E-state index < -0.39 is 30.1 Å². The number of hydrogen-bond acceptors (Lipinski definition) is 5. The lowest BCUT2D eigenvalue weighted by molar-refractivity contribution is -0.139. The van der Waals surface area contributed by atoms with Crippen molar-refractivity contribution >= 4 is 23.8 Å². The van der Waals surface area contributed by atoms with Gasteiger partial charge in [0.2, 0.25) is 11.8 Å². The first kappa shape index (κ1) is 15.9. The molecule has 0 spiro atoms. The molecule has 0 bridgehead atoms. The van der Waals surface area contributed by atoms with Crippen molar-refractivity contribution in [3.05, 3.63) is 0 Å². The molecule has 1 fully saturated rings. The monoisotopic (exact) mass is 287 g/mol. The number of carbonyl (C=O) groups is 4. The SMILES string of the molecule is COC(CNC(=O)NC1CCC(=O)NC1=O)CC(=O)O. The van der Waals surface area contributed by atoms with Crippen molar-refractivity contribution in [2.45, 2.75) is 31.4 Å². The number of imide groups is 1. The van der Waals surface area contributed by atoms with Crippen LogP contribution in [0.15, 0.2) is 0 Å². The molecule has 4 N–H and O–H groups in total. The second kappa shape index (κ2) is 7.43. The molecule has 1 aliphatic rings. The van der Waals surface area contributed by atoms with Crippen LogP contribution in [0, 0.1) is 0 Å². The Morgan fingerprint density at radius 1 is 1.50 bits per heavy atom. The Bertz CT molecular complexity index is 411. The lowest BCUT2D eigenvalue weighted by Crippen LogP contribution is -2.55. The molecule has 9 heteroatoms. The first-order valence-electron chi connectivity index (χ1n) is 6.05. The van der Waals surface area contributed by atoms with E-state index in [-0.39, 0.29) is 31.7 Å². The predicted octanol–water partition coefficient (Wildman–Crippen LogP) is -1.42. The summed E-state index contributed by atoms with van der Waals surface area (Å²) in [5, 5.41) is 15.5. The highest BCUT2D eigenvalue weighted by Crippen LogP contribution is 2.04. The van der Waals surface area contributed by atoms with Gasteiger partial charge in [0, 0.05) is 20.1 Å². The largest absolute Gasteiger partial charge is 0.481 e. The fourth-order valence-electron chi connectivity index (χ4n) is 1.68. The average Bonchev–Trinajstić information content (AvgIpc) is 2.37. The number of piperidine rings is 1. The highest BCUT2D eigenvalue weighted by Gasteiger charge is 2.27. The van der Waals surface area contributed by atoms with Crippen LogP contribution in [0.1, 0.15) is 19.3 Å². The fourth-order valence-corrected chi connectivity index (χ4v) is 1.68. The third-order valence-corrected chi connectivity index (χ3v) is 2.77. The Kier molecular flexibility index (Phi) is 5.91. The summed E-state index contributed by atoms with van der Waals surface area (Å²) in [6.45, 7) is 0.00189. The molecule has 1 rings (SSSR count). The van der Waals surface area contributed by atoms with E-state index in [1.165, 1.54) is 7.11 Å². The van der Waals surface area contributed by atoms with Gasteiger partial charge in [0.15, 0.2) is 0 Å². The smallest absolute Gasteiger partial charge is 0.315 e. The Balaban J connectivity index is 2.34. The van der Waals surface area contributed by atoms with Gasteiger partial charge in [-0.2, -0.15) is 0 Å². The summed E-state index contributed by atoms with van der Waals surface area (Å²) in [5.41, 5.74) is 0. The minimum absolute atomic E-state index is 0.00189. The van der Waals surface area contributed by atoms with Gasteiger partial charge in [0.25, 0.3) is 0 Å². The van der Waals surface area contributed by atoms with Crippen LogP contribution in [-0.2, 0) is 19.1 Å². The maximum Gasteiger partial charge on any atom is 0.315 e. The highest BCUT2D eigenvalue weighted by molar-refractivity contribution is 6.01. The lowest BCUT2D eigenvalue weighted by atomic mass is 10.1. The van der Waals surface area contributed by atoms with Gasteiger partial charge >= 0.3 is 12.0 Å². The molecule has 0 saturated carbocycles. The number of methoxy groups -OCH3 is 1. The second-order valence-electron chi connectivity index (χ2n) is 4.31. The van der Waals surface area contributed by atoms with E-state index in [9.17, 15) is 19.2 Å². The van der Waals surface area contributed by atoms with Crippen molar-refractivity contribution in [1.82, 2.24) is 16.0 Å². The topological polar surface area (TPSA) is 134 Å². The second-order valence-corrected chi connectivity index (χ2v) is 4.31. The van der Waals surface area contributed by atoms with Gasteiger partial charge in [0.1, 0.15) is 6.04 Å². The molecule has 0 aromatic heterocycles. The van der Waals surface area contributed by atoms with E-state index in [0.29, 0.717) is 0 Å². The average molecular weight is 287 g/mol. The lowest BCUT2D eigenvalue weighted by Gasteiger charge is -2.22. The van der Waals surface area contributed by atoms with Gasteiger partial charge < -0.3 is 20.5 Å². The van der Waals surface area contributed by atoms with Crippen LogP contribution in [0.25, 0.3) is 0 Å². The van der Waals surface area contributed by atoms with Crippen LogP contribution in [0.5, 0.6) is 0 Å². The van der Waals surface area contributed by atoms with Gasteiger partial charge in [-0.1, -0.05) is 0 Å². The van der Waals surface area contributed by atoms with Gasteiger partial charge in [0.05, 0.1) is 12.5 Å². The maximum atomic E-state index is 11.6. The zero-order valence-corrected chi connectivity index (χ0v) is 11.0. The van der Waals surface area contributed by atoms with Crippen LogP contribution in [0.2, 0.25) is 0 Å². The maximum absolute atomic E-state index is 11.6. The molecule has 1 saturated heterocycles. The van der Waals surface area contributed by atoms with Crippen molar-refractivity contribution < 1.29 is 29.0 Å². The molecular formula is C11H17N3O6. The molecular weight excluding hydrogens is 270 g/mol. The first-order valence-corrected chi connectivity index (χ1v) is 6.05. The van der Waals surface area contributed by atoms with E-state index in [1.807, 2.05) is 0 Å². The molecule has 112 valence electrons. The number of carboxylic acid groups (broad SMARTS) is 1. The molecule has 0 aliphatic carbocycles. The summed E-state index contributed by atoms with van der Waals surface area (Å²) >= 11 is 0. The van der Waals surface area contributed by atoms with Crippen molar-refractivity contribution in [2.24, 2.45) is 0 Å². The van der Waals surface area contributed by atoms with Crippen molar-refractivity contribution in [3.63, 3.8) is 0 Å². The summed E-state index contributed by atoms with van der Waals surface area (Å²) in [6, 6.07) is -1.39. The standard InChI is InChI=1S/C11H17N3O6/c1-20-6(4-9(16)17)5-12-11(19)13-7-2-3-8(15)14-10(7)18/h6-7H,2-5H2,1H3,(H,16,17)(H2,12,13,19)(H,14,15,18). The molecule has 9 nitrogen and oxygen atoms in total. The number of carbonyl (C=O) groups excluding carboxylic acids is 3. The van der Waals surface area contributed by atoms with Gasteiger partial charge in [-0.3, -0.25) is 19.7 Å². The van der Waals surface area contributed by atoms with E-state index in [1.54, 1.807) is 0 Å². The van der Waals surface area contributed by atoms with E-state index in [0.717, 1.165) is 0 Å². The third-order valence-electron chi connectivity index (χ3n) is 2.77. The van der Waals surface area contributed by atoms with Crippen LogP contribution < -0.4 is 16.0 Å². The van der Waals surface area contributed by atoms with E-state index >= 15 is 0 Å². The first-order chi connectivity index (χ1) is 9.42. The molecule has 1 aliphatic heterocycles. The quantitative estimate of drug-likeness (QED) is 0.443. The third kappa shape index (κ3) is 5.22. The number of ether oxygens (including phenoxy) is 1. The van der Waals surface area contributed by atoms with E-state index in [2.05, 4.69) is 16.0 Å². The summed E-state index contributed by atoms with van der Waals surface area (Å²) in [5.74, 6) is -1.95. The molecule has 4 amide bonds. The van der Waals surface area contributed by atoms with Gasteiger partial charge in [-0.15, -0.1) is 0 Å². The number of hydrogen-bond donors (Lipinski definition) is 4. The van der Waals surface area contributed by atoms with Crippen LogP contribution in [0.4, 0.5) is 4.79 Å². The normalized spacial score (nSPS) is 19.9. The number of nitrogens with one attached hydrogen (secondary N) is 3. The highest BCUT2D eigenvalue weighted by atomic mass is 16.5. The van der Waals surface area contributed by atoms with Crippen LogP contribution in [0.3, 0.4) is 0 Å². The number of rotatable bonds is 6. The molecule has 20 heavy (non-hydrogen) atoms. The molecule has 0 aromatic rings. The number of carboxylic acids is 1. The predicted molar refractivity (Wildman–Crippen MR) is 65.8 cm³/mol. The van der Waals surface area contributed by atoms with Crippen molar-refractivity contribution in [2.75, 3.05) is 13.7 Å². The van der Waals surface area contributed by atoms with E-state index in [4.69, 9.17) is 9.84 Å².